The molecule has 1 unspecified atom stereocenters. The Morgan fingerprint density at radius 1 is 1.30 bits per heavy atom. The molecule has 1 amide bonds. The summed E-state index contributed by atoms with van der Waals surface area (Å²) in [5.74, 6) is 1.58. The number of aliphatic imine (C=N–C) groups is 1. The minimum atomic E-state index is 0. The van der Waals surface area contributed by atoms with Gasteiger partial charge < -0.3 is 20.7 Å². The van der Waals surface area contributed by atoms with E-state index in [2.05, 4.69) is 32.0 Å². The molecule has 0 bridgehead atoms. The first-order valence-corrected chi connectivity index (χ1v) is 8.62. The number of anilines is 1. The lowest BCUT2D eigenvalue weighted by atomic mass is 9.90. The van der Waals surface area contributed by atoms with E-state index < -0.39 is 0 Å². The SMILES string of the molecule is CN=C(NCCOc1cccnc1)NCC1CC(=O)Nc2ccccc21.I. The number of hydrogen-bond donors (Lipinski definition) is 3. The summed E-state index contributed by atoms with van der Waals surface area (Å²) in [5.41, 5.74) is 2.04. The fourth-order valence-electron chi connectivity index (χ4n) is 2.90. The number of pyridine rings is 1. The Morgan fingerprint density at radius 2 is 2.15 bits per heavy atom. The number of fused-ring (bicyclic) bond motifs is 1. The van der Waals surface area contributed by atoms with Crippen LogP contribution in [0.3, 0.4) is 0 Å². The molecule has 1 aliphatic heterocycles. The van der Waals surface area contributed by atoms with Crippen molar-refractivity contribution in [3.8, 4) is 5.75 Å². The molecule has 0 saturated carbocycles. The molecule has 0 saturated heterocycles. The van der Waals surface area contributed by atoms with E-state index in [4.69, 9.17) is 4.74 Å². The maximum Gasteiger partial charge on any atom is 0.225 e. The molecule has 1 atom stereocenters. The normalized spacial score (nSPS) is 15.8. The lowest BCUT2D eigenvalue weighted by Crippen LogP contribution is -2.42. The second kappa shape index (κ2) is 10.7. The van der Waals surface area contributed by atoms with Crippen molar-refractivity contribution >= 4 is 41.5 Å². The Labute approximate surface area is 176 Å². The fourth-order valence-corrected chi connectivity index (χ4v) is 2.90. The average Bonchev–Trinajstić information content (AvgIpc) is 2.68. The molecule has 27 heavy (non-hydrogen) atoms. The van der Waals surface area contributed by atoms with Gasteiger partial charge in [-0.3, -0.25) is 14.8 Å². The lowest BCUT2D eigenvalue weighted by Gasteiger charge is -2.26. The number of guanidine groups is 1. The van der Waals surface area contributed by atoms with E-state index in [1.165, 1.54) is 0 Å². The summed E-state index contributed by atoms with van der Waals surface area (Å²) < 4.78 is 5.60. The Kier molecular flexibility index (Phi) is 8.31. The van der Waals surface area contributed by atoms with Crippen molar-refractivity contribution in [3.05, 3.63) is 54.4 Å². The van der Waals surface area contributed by atoms with Gasteiger partial charge in [0.25, 0.3) is 0 Å². The van der Waals surface area contributed by atoms with Gasteiger partial charge in [-0.15, -0.1) is 24.0 Å². The van der Waals surface area contributed by atoms with Crippen LogP contribution in [0.1, 0.15) is 17.9 Å². The second-order valence-electron chi connectivity index (χ2n) is 5.95. The maximum atomic E-state index is 11.9. The van der Waals surface area contributed by atoms with Gasteiger partial charge in [0.1, 0.15) is 12.4 Å². The van der Waals surface area contributed by atoms with Gasteiger partial charge in [-0.2, -0.15) is 0 Å². The molecule has 0 aliphatic carbocycles. The van der Waals surface area contributed by atoms with E-state index in [0.717, 1.165) is 17.0 Å². The van der Waals surface area contributed by atoms with Gasteiger partial charge in [0.2, 0.25) is 5.91 Å². The number of hydrogen-bond acceptors (Lipinski definition) is 4. The second-order valence-corrected chi connectivity index (χ2v) is 5.95. The molecule has 1 aliphatic rings. The van der Waals surface area contributed by atoms with E-state index in [0.29, 0.717) is 32.1 Å². The van der Waals surface area contributed by atoms with Crippen molar-refractivity contribution in [1.29, 1.82) is 0 Å². The van der Waals surface area contributed by atoms with Gasteiger partial charge in [0.15, 0.2) is 5.96 Å². The van der Waals surface area contributed by atoms with Crippen LogP contribution in [0.5, 0.6) is 5.75 Å². The number of nitrogens with zero attached hydrogens (tertiary/aromatic N) is 2. The van der Waals surface area contributed by atoms with Gasteiger partial charge >= 0.3 is 0 Å². The van der Waals surface area contributed by atoms with Crippen LogP contribution in [0.15, 0.2) is 53.8 Å². The number of aromatic nitrogens is 1. The van der Waals surface area contributed by atoms with E-state index >= 15 is 0 Å². The van der Waals surface area contributed by atoms with Gasteiger partial charge in [0, 0.05) is 37.8 Å². The summed E-state index contributed by atoms with van der Waals surface area (Å²) in [5, 5.41) is 9.41. The molecule has 1 aromatic carbocycles. The fraction of sp³-hybridized carbons (Fsp3) is 0.316. The minimum Gasteiger partial charge on any atom is -0.490 e. The van der Waals surface area contributed by atoms with E-state index in [-0.39, 0.29) is 35.8 Å². The number of rotatable bonds is 6. The smallest absolute Gasteiger partial charge is 0.225 e. The van der Waals surface area contributed by atoms with Crippen molar-refractivity contribution in [3.63, 3.8) is 0 Å². The van der Waals surface area contributed by atoms with E-state index in [1.807, 2.05) is 30.3 Å². The molecule has 0 radical (unpaired) electrons. The van der Waals surface area contributed by atoms with Crippen LogP contribution in [0.25, 0.3) is 0 Å². The predicted octanol–water partition coefficient (Wildman–Crippen LogP) is 2.37. The maximum absolute atomic E-state index is 11.9. The molecule has 0 spiro atoms. The summed E-state index contributed by atoms with van der Waals surface area (Å²) in [6.07, 6.45) is 3.85. The summed E-state index contributed by atoms with van der Waals surface area (Å²) in [6.45, 7) is 1.74. The third-order valence-corrected chi connectivity index (χ3v) is 4.14. The topological polar surface area (TPSA) is 87.6 Å². The molecule has 3 rings (SSSR count). The predicted molar refractivity (Wildman–Crippen MR) is 117 cm³/mol. The molecule has 2 aromatic rings. The summed E-state index contributed by atoms with van der Waals surface area (Å²) >= 11 is 0. The molecule has 2 heterocycles. The number of para-hydroxylation sites is 1. The van der Waals surface area contributed by atoms with Crippen LogP contribution in [0.4, 0.5) is 5.69 Å². The van der Waals surface area contributed by atoms with Gasteiger partial charge in [0.05, 0.1) is 12.7 Å². The summed E-state index contributed by atoms with van der Waals surface area (Å²) in [7, 11) is 1.72. The number of benzene rings is 1. The van der Waals surface area contributed by atoms with Crippen molar-refractivity contribution in [2.24, 2.45) is 4.99 Å². The highest BCUT2D eigenvalue weighted by atomic mass is 127. The molecule has 0 fully saturated rings. The zero-order chi connectivity index (χ0) is 18.2. The monoisotopic (exact) mass is 481 g/mol. The number of halogens is 1. The summed E-state index contributed by atoms with van der Waals surface area (Å²) in [4.78, 5) is 20.1. The average molecular weight is 481 g/mol. The van der Waals surface area contributed by atoms with Crippen LogP contribution in [-0.2, 0) is 4.79 Å². The highest BCUT2D eigenvalue weighted by Gasteiger charge is 2.24. The Balaban J connectivity index is 0.00000261. The quantitative estimate of drug-likeness (QED) is 0.255. The zero-order valence-electron chi connectivity index (χ0n) is 15.1. The number of carbonyl (C=O) groups is 1. The zero-order valence-corrected chi connectivity index (χ0v) is 17.5. The largest absolute Gasteiger partial charge is 0.490 e. The third kappa shape index (κ3) is 6.09. The van der Waals surface area contributed by atoms with Gasteiger partial charge in [-0.1, -0.05) is 18.2 Å². The first-order chi connectivity index (χ1) is 12.8. The molecule has 7 nitrogen and oxygen atoms in total. The molecular formula is C19H24IN5O2. The number of carbonyl (C=O) groups excluding carboxylic acids is 1. The first-order valence-electron chi connectivity index (χ1n) is 8.62. The minimum absolute atomic E-state index is 0. The number of nitrogens with one attached hydrogen (secondary N) is 3. The first kappa shape index (κ1) is 20.9. The highest BCUT2D eigenvalue weighted by Crippen LogP contribution is 2.31. The van der Waals surface area contributed by atoms with Crippen LogP contribution >= 0.6 is 24.0 Å². The van der Waals surface area contributed by atoms with Crippen LogP contribution in [0, 0.1) is 0 Å². The Bertz CT molecular complexity index is 770. The van der Waals surface area contributed by atoms with E-state index in [9.17, 15) is 4.79 Å². The van der Waals surface area contributed by atoms with Crippen molar-refractivity contribution < 1.29 is 9.53 Å². The highest BCUT2D eigenvalue weighted by molar-refractivity contribution is 14.0. The molecule has 8 heteroatoms. The van der Waals surface area contributed by atoms with Crippen LogP contribution in [-0.4, -0.2) is 43.6 Å². The Hall–Kier alpha value is -2.36. The summed E-state index contributed by atoms with van der Waals surface area (Å²) in [6, 6.07) is 11.6. The standard InChI is InChI=1S/C19H23N5O2.HI/c1-20-19(22-9-10-26-15-5-4-8-21-13-15)23-12-14-11-18(25)24-17-7-3-2-6-16(14)17;/h2-8,13-14H,9-12H2,1H3,(H,24,25)(H2,20,22,23);1H. The molecule has 144 valence electrons. The van der Waals surface area contributed by atoms with E-state index in [1.54, 1.807) is 19.4 Å². The third-order valence-electron chi connectivity index (χ3n) is 4.14. The van der Waals surface area contributed by atoms with Crippen molar-refractivity contribution in [2.75, 3.05) is 32.1 Å². The molecular weight excluding hydrogens is 457 g/mol. The van der Waals surface area contributed by atoms with Gasteiger partial charge in [-0.25, -0.2) is 0 Å². The van der Waals surface area contributed by atoms with Crippen LogP contribution < -0.4 is 20.7 Å². The van der Waals surface area contributed by atoms with Gasteiger partial charge in [-0.05, 0) is 23.8 Å². The van der Waals surface area contributed by atoms with Crippen molar-refractivity contribution in [2.45, 2.75) is 12.3 Å². The molecule has 3 N–H and O–H groups in total. The van der Waals surface area contributed by atoms with Crippen LogP contribution in [0.2, 0.25) is 0 Å². The number of amides is 1. The lowest BCUT2D eigenvalue weighted by molar-refractivity contribution is -0.116. The molecule has 1 aromatic heterocycles. The van der Waals surface area contributed by atoms with Crippen molar-refractivity contribution in [1.82, 2.24) is 15.6 Å². The number of ether oxygens (including phenoxy) is 1. The Morgan fingerprint density at radius 3 is 2.93 bits per heavy atom.